The summed E-state index contributed by atoms with van der Waals surface area (Å²) in [5.41, 5.74) is -0.546. The molecule has 0 saturated carbocycles. The van der Waals surface area contributed by atoms with E-state index >= 15 is 0 Å². The molecule has 21 heavy (non-hydrogen) atoms. The summed E-state index contributed by atoms with van der Waals surface area (Å²) in [6, 6.07) is 0. The summed E-state index contributed by atoms with van der Waals surface area (Å²) in [7, 11) is 1.60. The largest absolute Gasteiger partial charge is 0.466 e. The summed E-state index contributed by atoms with van der Waals surface area (Å²) in [5.74, 6) is 0.161. The second-order valence-electron chi connectivity index (χ2n) is 5.80. The van der Waals surface area contributed by atoms with Crippen LogP contribution >= 0.6 is 0 Å². The Bertz CT molecular complexity index is 301. The van der Waals surface area contributed by atoms with Gasteiger partial charge in [-0.1, -0.05) is 33.3 Å². The first kappa shape index (κ1) is 20.1. The number of hydrogen-bond acceptors (Lipinski definition) is 4. The SMILES string of the molecule is C=CC[C@@](CCC)(C[C@@H](OCOC)C(C)C)C(=O)OCC. The fourth-order valence-corrected chi connectivity index (χ4v) is 2.62. The van der Waals surface area contributed by atoms with Gasteiger partial charge < -0.3 is 14.2 Å². The van der Waals surface area contributed by atoms with E-state index in [1.807, 2.05) is 6.92 Å². The molecule has 0 unspecified atom stereocenters. The van der Waals surface area contributed by atoms with Crippen molar-refractivity contribution in [3.63, 3.8) is 0 Å². The molecule has 0 aliphatic rings. The van der Waals surface area contributed by atoms with Crippen LogP contribution in [0.25, 0.3) is 0 Å². The maximum atomic E-state index is 12.5. The van der Waals surface area contributed by atoms with E-state index in [0.29, 0.717) is 25.4 Å². The summed E-state index contributed by atoms with van der Waals surface area (Å²) in [5, 5.41) is 0. The lowest BCUT2D eigenvalue weighted by Gasteiger charge is -2.35. The molecule has 124 valence electrons. The van der Waals surface area contributed by atoms with Gasteiger partial charge in [0.05, 0.1) is 18.1 Å². The highest BCUT2D eigenvalue weighted by Gasteiger charge is 2.41. The molecule has 0 N–H and O–H groups in total. The number of hydrogen-bond donors (Lipinski definition) is 0. The molecular weight excluding hydrogens is 268 g/mol. The minimum atomic E-state index is -0.546. The second kappa shape index (κ2) is 10.8. The summed E-state index contributed by atoms with van der Waals surface area (Å²) < 4.78 is 16.1. The van der Waals surface area contributed by atoms with E-state index in [-0.39, 0.29) is 18.9 Å². The molecule has 0 radical (unpaired) electrons. The Balaban J connectivity index is 5.22. The molecule has 0 rings (SSSR count). The van der Waals surface area contributed by atoms with Crippen molar-refractivity contribution in [3.05, 3.63) is 12.7 Å². The van der Waals surface area contributed by atoms with Crippen LogP contribution in [-0.4, -0.2) is 32.6 Å². The Morgan fingerprint density at radius 1 is 1.33 bits per heavy atom. The van der Waals surface area contributed by atoms with E-state index in [1.165, 1.54) is 0 Å². The smallest absolute Gasteiger partial charge is 0.312 e. The lowest BCUT2D eigenvalue weighted by atomic mass is 9.74. The topological polar surface area (TPSA) is 44.8 Å². The van der Waals surface area contributed by atoms with Crippen molar-refractivity contribution < 1.29 is 19.0 Å². The lowest BCUT2D eigenvalue weighted by Crippen LogP contribution is -2.39. The molecule has 0 heterocycles. The van der Waals surface area contributed by atoms with Gasteiger partial charge in [-0.15, -0.1) is 6.58 Å². The molecule has 2 atom stereocenters. The quantitative estimate of drug-likeness (QED) is 0.311. The number of methoxy groups -OCH3 is 1. The van der Waals surface area contributed by atoms with Gasteiger partial charge in [0.1, 0.15) is 6.79 Å². The Labute approximate surface area is 129 Å². The predicted octanol–water partition coefficient (Wildman–Crippen LogP) is 3.95. The number of esters is 1. The van der Waals surface area contributed by atoms with Gasteiger partial charge in [0.25, 0.3) is 0 Å². The Kier molecular flexibility index (Phi) is 10.4. The van der Waals surface area contributed by atoms with Crippen LogP contribution in [0.1, 0.15) is 53.4 Å². The van der Waals surface area contributed by atoms with E-state index in [9.17, 15) is 4.79 Å². The third-order valence-corrected chi connectivity index (χ3v) is 3.71. The molecule has 0 aromatic heterocycles. The van der Waals surface area contributed by atoms with Crippen molar-refractivity contribution in [2.75, 3.05) is 20.5 Å². The molecular formula is C17H32O4. The van der Waals surface area contributed by atoms with Crippen LogP contribution in [0.15, 0.2) is 12.7 Å². The van der Waals surface area contributed by atoms with Crippen molar-refractivity contribution in [2.24, 2.45) is 11.3 Å². The van der Waals surface area contributed by atoms with Crippen LogP contribution in [0.3, 0.4) is 0 Å². The molecule has 0 spiro atoms. The highest BCUT2D eigenvalue weighted by Crippen LogP contribution is 2.38. The first-order chi connectivity index (χ1) is 9.97. The van der Waals surface area contributed by atoms with Crippen molar-refractivity contribution in [1.29, 1.82) is 0 Å². The van der Waals surface area contributed by atoms with E-state index < -0.39 is 5.41 Å². The van der Waals surface area contributed by atoms with Gasteiger partial charge in [0.15, 0.2) is 0 Å². The predicted molar refractivity (Wildman–Crippen MR) is 85.0 cm³/mol. The number of rotatable bonds is 12. The molecule has 0 bridgehead atoms. The maximum absolute atomic E-state index is 12.5. The number of carbonyl (C=O) groups is 1. The lowest BCUT2D eigenvalue weighted by molar-refractivity contribution is -0.162. The molecule has 0 amide bonds. The van der Waals surface area contributed by atoms with Crippen molar-refractivity contribution in [1.82, 2.24) is 0 Å². The highest BCUT2D eigenvalue weighted by atomic mass is 16.7. The van der Waals surface area contributed by atoms with E-state index in [0.717, 1.165) is 12.8 Å². The van der Waals surface area contributed by atoms with Gasteiger partial charge in [-0.25, -0.2) is 0 Å². The molecule has 4 nitrogen and oxygen atoms in total. The summed E-state index contributed by atoms with van der Waals surface area (Å²) in [4.78, 5) is 12.5. The van der Waals surface area contributed by atoms with Gasteiger partial charge in [0, 0.05) is 7.11 Å². The zero-order valence-electron chi connectivity index (χ0n) is 14.3. The number of ether oxygens (including phenoxy) is 3. The van der Waals surface area contributed by atoms with E-state index in [2.05, 4.69) is 27.4 Å². The second-order valence-corrected chi connectivity index (χ2v) is 5.80. The maximum Gasteiger partial charge on any atom is 0.312 e. The molecule has 0 fully saturated rings. The van der Waals surface area contributed by atoms with Crippen LogP contribution in [0.5, 0.6) is 0 Å². The third kappa shape index (κ3) is 6.62. The molecule has 0 aliphatic heterocycles. The fourth-order valence-electron chi connectivity index (χ4n) is 2.62. The average molecular weight is 300 g/mol. The van der Waals surface area contributed by atoms with E-state index in [4.69, 9.17) is 14.2 Å². The van der Waals surface area contributed by atoms with Gasteiger partial charge in [-0.05, 0) is 32.1 Å². The van der Waals surface area contributed by atoms with Gasteiger partial charge in [-0.3, -0.25) is 4.79 Å². The minimum Gasteiger partial charge on any atom is -0.466 e. The highest BCUT2D eigenvalue weighted by molar-refractivity contribution is 5.77. The van der Waals surface area contributed by atoms with Gasteiger partial charge >= 0.3 is 5.97 Å². The molecule has 0 aromatic carbocycles. The summed E-state index contributed by atoms with van der Waals surface area (Å²) in [6.45, 7) is 12.5. The van der Waals surface area contributed by atoms with Gasteiger partial charge in [-0.2, -0.15) is 0 Å². The van der Waals surface area contributed by atoms with Crippen molar-refractivity contribution >= 4 is 5.97 Å². The Hall–Kier alpha value is -0.870. The van der Waals surface area contributed by atoms with Crippen LogP contribution in [-0.2, 0) is 19.0 Å². The zero-order chi connectivity index (χ0) is 16.3. The monoisotopic (exact) mass is 300 g/mol. The Morgan fingerprint density at radius 3 is 2.43 bits per heavy atom. The van der Waals surface area contributed by atoms with E-state index in [1.54, 1.807) is 13.2 Å². The van der Waals surface area contributed by atoms with Gasteiger partial charge in [0.2, 0.25) is 0 Å². The summed E-state index contributed by atoms with van der Waals surface area (Å²) in [6.07, 6.45) is 4.70. The zero-order valence-corrected chi connectivity index (χ0v) is 14.3. The van der Waals surface area contributed by atoms with Crippen LogP contribution < -0.4 is 0 Å². The molecule has 0 saturated heterocycles. The normalized spacial score (nSPS) is 15.5. The summed E-state index contributed by atoms with van der Waals surface area (Å²) >= 11 is 0. The first-order valence-electron chi connectivity index (χ1n) is 7.86. The third-order valence-electron chi connectivity index (χ3n) is 3.71. The first-order valence-corrected chi connectivity index (χ1v) is 7.86. The Morgan fingerprint density at radius 2 is 2.00 bits per heavy atom. The molecule has 4 heteroatoms. The standard InChI is InChI=1S/C17H32O4/c1-7-10-17(11-8-2,16(18)20-9-3)12-15(14(4)5)21-13-19-6/h7,14-15H,1,8-13H2,2-6H3/t15-,17-/m1/s1. The minimum absolute atomic E-state index is 0.0409. The van der Waals surface area contributed by atoms with Crippen molar-refractivity contribution in [3.8, 4) is 0 Å². The average Bonchev–Trinajstić information content (AvgIpc) is 2.43. The molecule has 0 aromatic rings. The van der Waals surface area contributed by atoms with Crippen LogP contribution in [0.4, 0.5) is 0 Å². The fraction of sp³-hybridized carbons (Fsp3) is 0.824. The van der Waals surface area contributed by atoms with Crippen LogP contribution in [0, 0.1) is 11.3 Å². The number of carbonyl (C=O) groups excluding carboxylic acids is 1. The number of allylic oxidation sites excluding steroid dienone is 1. The van der Waals surface area contributed by atoms with Crippen molar-refractivity contribution in [2.45, 2.75) is 59.5 Å². The van der Waals surface area contributed by atoms with Crippen LogP contribution in [0.2, 0.25) is 0 Å². The molecule has 0 aliphatic carbocycles.